The average Bonchev–Trinajstić information content (AvgIpc) is 2.70. The topological polar surface area (TPSA) is 71.5 Å². The van der Waals surface area contributed by atoms with Crippen molar-refractivity contribution in [1.82, 2.24) is 4.90 Å². The van der Waals surface area contributed by atoms with Gasteiger partial charge < -0.3 is 9.47 Å². The molecule has 5 heteroatoms. The van der Waals surface area contributed by atoms with Crippen molar-refractivity contribution < 1.29 is 9.47 Å². The molecule has 2 rings (SSSR count). The Hall–Kier alpha value is -1.77. The highest BCUT2D eigenvalue weighted by Gasteiger charge is 2.32. The van der Waals surface area contributed by atoms with Gasteiger partial charge in [0.2, 0.25) is 0 Å². The minimum absolute atomic E-state index is 0.130. The maximum absolute atomic E-state index is 8.98. The quantitative estimate of drug-likeness (QED) is 0.744. The van der Waals surface area contributed by atoms with Crippen molar-refractivity contribution in [1.29, 1.82) is 5.26 Å². The maximum Gasteiger partial charge on any atom is 0.193 e. The lowest BCUT2D eigenvalue weighted by molar-refractivity contribution is 0.0637. The number of nitriles is 1. The Labute approximate surface area is 94.0 Å². The smallest absolute Gasteiger partial charge is 0.193 e. The molecule has 0 aromatic heterocycles. The van der Waals surface area contributed by atoms with E-state index >= 15 is 0 Å². The van der Waals surface area contributed by atoms with Gasteiger partial charge in [-0.05, 0) is 17.7 Å². The van der Waals surface area contributed by atoms with Crippen LogP contribution in [0.2, 0.25) is 0 Å². The van der Waals surface area contributed by atoms with Gasteiger partial charge in [-0.2, -0.15) is 5.26 Å². The van der Waals surface area contributed by atoms with Crippen LogP contribution >= 0.6 is 0 Å². The Morgan fingerprint density at radius 1 is 1.62 bits per heavy atom. The fourth-order valence-electron chi connectivity index (χ4n) is 1.76. The molecule has 2 atom stereocenters. The fourth-order valence-corrected chi connectivity index (χ4v) is 1.76. The number of hydrogen-bond donors (Lipinski definition) is 1. The van der Waals surface area contributed by atoms with Crippen LogP contribution in [0.1, 0.15) is 11.6 Å². The molecule has 2 N–H and O–H groups in total. The van der Waals surface area contributed by atoms with Gasteiger partial charge in [0, 0.05) is 0 Å². The van der Waals surface area contributed by atoms with Crippen LogP contribution in [0.3, 0.4) is 0 Å². The normalized spacial score (nSPS) is 24.2. The van der Waals surface area contributed by atoms with E-state index in [1.807, 2.05) is 30.5 Å². The molecule has 0 saturated carbocycles. The van der Waals surface area contributed by atoms with E-state index in [4.69, 9.17) is 20.5 Å². The molecule has 1 aliphatic rings. The summed E-state index contributed by atoms with van der Waals surface area (Å²) in [5, 5.41) is 8.98. The van der Waals surface area contributed by atoms with Crippen molar-refractivity contribution in [2.45, 2.75) is 12.4 Å². The summed E-state index contributed by atoms with van der Waals surface area (Å²) in [7, 11) is 1.61. The number of ether oxygens (including phenoxy) is 2. The summed E-state index contributed by atoms with van der Waals surface area (Å²) in [6.07, 6.45) is 1.39. The Balaban J connectivity index is 2.27. The summed E-state index contributed by atoms with van der Waals surface area (Å²) in [6, 6.07) is 7.42. The zero-order valence-electron chi connectivity index (χ0n) is 8.96. The monoisotopic (exact) mass is 219 g/mol. The van der Waals surface area contributed by atoms with Crippen molar-refractivity contribution in [2.24, 2.45) is 5.73 Å². The molecule has 0 aliphatic carbocycles. The van der Waals surface area contributed by atoms with Gasteiger partial charge in [0.1, 0.15) is 5.75 Å². The first-order valence-electron chi connectivity index (χ1n) is 4.95. The molecule has 0 spiro atoms. The average molecular weight is 219 g/mol. The predicted molar refractivity (Wildman–Crippen MR) is 57.1 cm³/mol. The SMILES string of the molecule is COc1cccc(C2COC(N)N2C#N)c1. The number of methoxy groups -OCH3 is 1. The third-order valence-corrected chi connectivity index (χ3v) is 2.63. The van der Waals surface area contributed by atoms with Crippen LogP contribution in [0.4, 0.5) is 0 Å². The summed E-state index contributed by atoms with van der Waals surface area (Å²) in [5.41, 5.74) is 6.60. The Kier molecular flexibility index (Phi) is 2.95. The molecule has 1 heterocycles. The van der Waals surface area contributed by atoms with Crippen LogP contribution in [0.25, 0.3) is 0 Å². The Morgan fingerprint density at radius 2 is 2.44 bits per heavy atom. The largest absolute Gasteiger partial charge is 0.497 e. The van der Waals surface area contributed by atoms with Crippen LogP contribution in [0.15, 0.2) is 24.3 Å². The van der Waals surface area contributed by atoms with E-state index in [0.717, 1.165) is 11.3 Å². The second kappa shape index (κ2) is 4.39. The molecule has 0 amide bonds. The summed E-state index contributed by atoms with van der Waals surface area (Å²) < 4.78 is 10.4. The van der Waals surface area contributed by atoms with Gasteiger partial charge in [-0.25, -0.2) is 0 Å². The molecule has 1 aromatic rings. The van der Waals surface area contributed by atoms with Crippen LogP contribution in [0.5, 0.6) is 5.75 Å². The highest BCUT2D eigenvalue weighted by molar-refractivity contribution is 5.31. The standard InChI is InChI=1S/C11H13N3O2/c1-15-9-4-2-3-8(5-9)10-6-16-11(13)14(10)7-12/h2-5,10-11H,6,13H2,1H3. The van der Waals surface area contributed by atoms with E-state index in [-0.39, 0.29) is 6.04 Å². The number of nitrogens with two attached hydrogens (primary N) is 1. The molecule has 0 radical (unpaired) electrons. The molecule has 1 saturated heterocycles. The van der Waals surface area contributed by atoms with Crippen molar-refractivity contribution in [3.63, 3.8) is 0 Å². The first kappa shape index (κ1) is 10.7. The predicted octanol–water partition coefficient (Wildman–Crippen LogP) is 0.792. The molecule has 1 fully saturated rings. The van der Waals surface area contributed by atoms with Gasteiger partial charge in [-0.1, -0.05) is 12.1 Å². The minimum atomic E-state index is -0.652. The summed E-state index contributed by atoms with van der Waals surface area (Å²) in [4.78, 5) is 1.44. The second-order valence-electron chi connectivity index (χ2n) is 3.52. The molecule has 0 bridgehead atoms. The lowest BCUT2D eigenvalue weighted by atomic mass is 10.1. The van der Waals surface area contributed by atoms with E-state index < -0.39 is 6.35 Å². The first-order valence-corrected chi connectivity index (χ1v) is 4.95. The van der Waals surface area contributed by atoms with Crippen molar-refractivity contribution >= 4 is 0 Å². The lowest BCUT2D eigenvalue weighted by Crippen LogP contribution is -2.35. The molecule has 16 heavy (non-hydrogen) atoms. The summed E-state index contributed by atoms with van der Waals surface area (Å²) in [5.74, 6) is 0.760. The van der Waals surface area contributed by atoms with E-state index in [2.05, 4.69) is 0 Å². The third kappa shape index (κ3) is 1.81. The van der Waals surface area contributed by atoms with Crippen molar-refractivity contribution in [3.8, 4) is 11.9 Å². The van der Waals surface area contributed by atoms with Crippen molar-refractivity contribution in [3.05, 3.63) is 29.8 Å². The van der Waals surface area contributed by atoms with Gasteiger partial charge >= 0.3 is 0 Å². The van der Waals surface area contributed by atoms with Crippen LogP contribution in [-0.4, -0.2) is 25.0 Å². The second-order valence-corrected chi connectivity index (χ2v) is 3.52. The molecule has 5 nitrogen and oxygen atoms in total. The van der Waals surface area contributed by atoms with Crippen LogP contribution in [0, 0.1) is 11.5 Å². The summed E-state index contributed by atoms with van der Waals surface area (Å²) >= 11 is 0. The van der Waals surface area contributed by atoms with Crippen LogP contribution < -0.4 is 10.5 Å². The minimum Gasteiger partial charge on any atom is -0.497 e. The van der Waals surface area contributed by atoms with E-state index in [1.54, 1.807) is 7.11 Å². The molecular formula is C11H13N3O2. The molecule has 2 unspecified atom stereocenters. The van der Waals surface area contributed by atoms with Gasteiger partial charge in [-0.15, -0.1) is 0 Å². The Bertz CT molecular complexity index is 416. The van der Waals surface area contributed by atoms with E-state index in [9.17, 15) is 0 Å². The zero-order valence-corrected chi connectivity index (χ0v) is 8.96. The molecule has 84 valence electrons. The van der Waals surface area contributed by atoms with Gasteiger partial charge in [0.25, 0.3) is 0 Å². The van der Waals surface area contributed by atoms with Gasteiger partial charge in [-0.3, -0.25) is 10.6 Å². The van der Waals surface area contributed by atoms with Crippen molar-refractivity contribution in [2.75, 3.05) is 13.7 Å². The number of benzene rings is 1. The number of rotatable bonds is 2. The van der Waals surface area contributed by atoms with Crippen LogP contribution in [-0.2, 0) is 4.74 Å². The van der Waals surface area contributed by atoms with E-state index in [1.165, 1.54) is 4.90 Å². The fraction of sp³-hybridized carbons (Fsp3) is 0.364. The first-order chi connectivity index (χ1) is 7.76. The Morgan fingerprint density at radius 3 is 3.12 bits per heavy atom. The number of nitrogens with zero attached hydrogens (tertiary/aromatic N) is 2. The summed E-state index contributed by atoms with van der Waals surface area (Å²) in [6.45, 7) is 0.419. The molecular weight excluding hydrogens is 206 g/mol. The van der Waals surface area contributed by atoms with Gasteiger partial charge in [0.05, 0.1) is 19.8 Å². The number of hydrogen-bond acceptors (Lipinski definition) is 5. The molecule has 1 aliphatic heterocycles. The maximum atomic E-state index is 8.98. The van der Waals surface area contributed by atoms with E-state index in [0.29, 0.717) is 6.61 Å². The highest BCUT2D eigenvalue weighted by Crippen LogP contribution is 2.29. The zero-order chi connectivity index (χ0) is 11.5. The van der Waals surface area contributed by atoms with Gasteiger partial charge in [0.15, 0.2) is 12.5 Å². The highest BCUT2D eigenvalue weighted by atomic mass is 16.5. The molecule has 1 aromatic carbocycles. The lowest BCUT2D eigenvalue weighted by Gasteiger charge is -2.19. The third-order valence-electron chi connectivity index (χ3n) is 2.63.